The van der Waals surface area contributed by atoms with Crippen molar-refractivity contribution in [2.24, 2.45) is 45.3 Å². The van der Waals surface area contributed by atoms with Crippen LogP contribution in [0.2, 0.25) is 0 Å². The van der Waals surface area contributed by atoms with Crippen molar-refractivity contribution >= 4 is 11.8 Å². The SMILES string of the molecule is CC(=O)O/C(C)=C\CC[C@H](C)[C@@H]1CC[C@]2(C)C3=CC[C@@H]4C(C)(C)C(=O)CC[C@@]4(C)[C@@H]3CC[C@@]12C. The number of allylic oxidation sites excluding steroid dienone is 4. The standard InChI is InChI=1S/C31H48O3/c1-20(10-9-11-21(2)34-22(3)32)23-14-18-31(8)25-12-13-26-28(4,5)27(33)16-17-29(26,6)24(25)15-19-30(23,31)7/h11-12,20,23-24,26H,9-10,13-19H2,1-8H3/b21-11-/t20-,23-,24+,26+,29-,30-,31+/m0/s1. The van der Waals surface area contributed by atoms with Crippen LogP contribution in [0.4, 0.5) is 0 Å². The Morgan fingerprint density at radius 2 is 1.82 bits per heavy atom. The first kappa shape index (κ1) is 25.7. The first-order chi connectivity index (χ1) is 15.8. The third kappa shape index (κ3) is 3.75. The van der Waals surface area contributed by atoms with Crippen molar-refractivity contribution in [2.75, 3.05) is 0 Å². The van der Waals surface area contributed by atoms with Crippen LogP contribution in [-0.4, -0.2) is 11.8 Å². The fraction of sp³-hybridized carbons (Fsp3) is 0.806. The monoisotopic (exact) mass is 468 g/mol. The fourth-order valence-corrected chi connectivity index (χ4v) is 9.48. The number of rotatable bonds is 5. The van der Waals surface area contributed by atoms with Gasteiger partial charge in [0.25, 0.3) is 0 Å². The van der Waals surface area contributed by atoms with Gasteiger partial charge in [-0.2, -0.15) is 0 Å². The van der Waals surface area contributed by atoms with E-state index >= 15 is 0 Å². The molecule has 3 saturated carbocycles. The second-order valence-electron chi connectivity index (χ2n) is 13.5. The molecule has 0 heterocycles. The predicted octanol–water partition coefficient (Wildman–Crippen LogP) is 8.04. The molecule has 190 valence electrons. The lowest BCUT2D eigenvalue weighted by atomic mass is 9.41. The Hall–Kier alpha value is -1.38. The van der Waals surface area contributed by atoms with Crippen molar-refractivity contribution in [1.29, 1.82) is 0 Å². The predicted molar refractivity (Wildman–Crippen MR) is 138 cm³/mol. The van der Waals surface area contributed by atoms with Crippen molar-refractivity contribution in [3.05, 3.63) is 23.5 Å². The third-order valence-electron chi connectivity index (χ3n) is 11.7. The second-order valence-corrected chi connectivity index (χ2v) is 13.5. The molecule has 7 atom stereocenters. The minimum Gasteiger partial charge on any atom is -0.432 e. The van der Waals surface area contributed by atoms with E-state index < -0.39 is 0 Å². The quantitative estimate of drug-likeness (QED) is 0.233. The van der Waals surface area contributed by atoms with Gasteiger partial charge < -0.3 is 4.74 Å². The van der Waals surface area contributed by atoms with Gasteiger partial charge in [0, 0.05) is 18.8 Å². The summed E-state index contributed by atoms with van der Waals surface area (Å²) >= 11 is 0. The molecule has 3 nitrogen and oxygen atoms in total. The summed E-state index contributed by atoms with van der Waals surface area (Å²) in [6.45, 7) is 17.9. The van der Waals surface area contributed by atoms with E-state index in [1.54, 1.807) is 5.57 Å². The summed E-state index contributed by atoms with van der Waals surface area (Å²) < 4.78 is 5.21. The minimum absolute atomic E-state index is 0.193. The van der Waals surface area contributed by atoms with Crippen molar-refractivity contribution in [3.8, 4) is 0 Å². The molecule has 3 fully saturated rings. The van der Waals surface area contributed by atoms with E-state index in [-0.39, 0.29) is 22.2 Å². The maximum Gasteiger partial charge on any atom is 0.307 e. The Morgan fingerprint density at radius 3 is 2.50 bits per heavy atom. The molecule has 4 rings (SSSR count). The molecule has 34 heavy (non-hydrogen) atoms. The smallest absolute Gasteiger partial charge is 0.307 e. The van der Waals surface area contributed by atoms with Crippen LogP contribution < -0.4 is 0 Å². The molecule has 0 aromatic rings. The van der Waals surface area contributed by atoms with Gasteiger partial charge in [0.15, 0.2) is 0 Å². The zero-order valence-corrected chi connectivity index (χ0v) is 23.1. The molecule has 0 N–H and O–H groups in total. The number of esters is 1. The summed E-state index contributed by atoms with van der Waals surface area (Å²) in [5, 5.41) is 0. The average molecular weight is 469 g/mol. The first-order valence-electron chi connectivity index (χ1n) is 13.9. The van der Waals surface area contributed by atoms with Crippen LogP contribution in [0.1, 0.15) is 113 Å². The second kappa shape index (κ2) is 8.63. The van der Waals surface area contributed by atoms with Gasteiger partial charge in [0.2, 0.25) is 0 Å². The Balaban J connectivity index is 1.55. The van der Waals surface area contributed by atoms with Gasteiger partial charge in [0.05, 0.1) is 0 Å². The van der Waals surface area contributed by atoms with Crippen molar-refractivity contribution < 1.29 is 14.3 Å². The van der Waals surface area contributed by atoms with Crippen LogP contribution in [0.15, 0.2) is 23.5 Å². The van der Waals surface area contributed by atoms with Crippen LogP contribution in [-0.2, 0) is 14.3 Å². The molecule has 3 heteroatoms. The van der Waals surface area contributed by atoms with Crippen LogP contribution >= 0.6 is 0 Å². The van der Waals surface area contributed by atoms with Crippen LogP contribution in [0.3, 0.4) is 0 Å². The number of hydrogen-bond donors (Lipinski definition) is 0. The molecule has 4 aliphatic carbocycles. The summed E-state index contributed by atoms with van der Waals surface area (Å²) in [5.74, 6) is 3.48. The third-order valence-corrected chi connectivity index (χ3v) is 11.7. The highest BCUT2D eigenvalue weighted by molar-refractivity contribution is 5.85. The molecule has 0 saturated heterocycles. The Labute approximate surface area is 208 Å². The van der Waals surface area contributed by atoms with E-state index in [1.165, 1.54) is 32.6 Å². The molecular formula is C31H48O3. The van der Waals surface area contributed by atoms with Crippen molar-refractivity contribution in [1.82, 2.24) is 0 Å². The number of fused-ring (bicyclic) bond motifs is 5. The highest BCUT2D eigenvalue weighted by Crippen LogP contribution is 2.73. The molecule has 0 radical (unpaired) electrons. The lowest BCUT2D eigenvalue weighted by Crippen LogP contribution is -2.57. The van der Waals surface area contributed by atoms with E-state index in [2.05, 4.69) is 53.7 Å². The van der Waals surface area contributed by atoms with Gasteiger partial charge in [-0.15, -0.1) is 0 Å². The van der Waals surface area contributed by atoms with E-state index in [0.29, 0.717) is 29.0 Å². The fourth-order valence-electron chi connectivity index (χ4n) is 9.48. The Kier molecular flexibility index (Phi) is 6.52. The van der Waals surface area contributed by atoms with E-state index in [4.69, 9.17) is 4.74 Å². The molecule has 0 spiro atoms. The van der Waals surface area contributed by atoms with E-state index in [0.717, 1.165) is 43.8 Å². The van der Waals surface area contributed by atoms with E-state index in [1.807, 2.05) is 6.92 Å². The molecule has 0 aromatic carbocycles. The summed E-state index contributed by atoms with van der Waals surface area (Å²) in [6.07, 6.45) is 14.9. The summed E-state index contributed by atoms with van der Waals surface area (Å²) in [4.78, 5) is 24.0. The number of ether oxygens (including phenoxy) is 1. The normalized spacial score (nSPS) is 42.2. The first-order valence-corrected chi connectivity index (χ1v) is 13.9. The maximum atomic E-state index is 12.8. The molecule has 0 aliphatic heterocycles. The molecule has 0 aromatic heterocycles. The van der Waals surface area contributed by atoms with Gasteiger partial charge in [-0.25, -0.2) is 0 Å². The van der Waals surface area contributed by atoms with Gasteiger partial charge in [-0.3, -0.25) is 9.59 Å². The number of Topliss-reactive ketones (excluding diaryl/α,β-unsaturated/α-hetero) is 1. The van der Waals surface area contributed by atoms with Gasteiger partial charge >= 0.3 is 5.97 Å². The number of carbonyl (C=O) groups excluding carboxylic acids is 2. The zero-order chi connectivity index (χ0) is 25.1. The molecular weight excluding hydrogens is 420 g/mol. The highest BCUT2D eigenvalue weighted by atomic mass is 16.5. The Bertz CT molecular complexity index is 910. The minimum atomic E-state index is -0.236. The Morgan fingerprint density at radius 1 is 1.12 bits per heavy atom. The van der Waals surface area contributed by atoms with Crippen LogP contribution in [0.5, 0.6) is 0 Å². The van der Waals surface area contributed by atoms with Gasteiger partial charge in [-0.05, 0) is 104 Å². The molecule has 0 unspecified atom stereocenters. The lowest BCUT2D eigenvalue weighted by Gasteiger charge is -2.63. The van der Waals surface area contributed by atoms with E-state index in [9.17, 15) is 9.59 Å². The largest absolute Gasteiger partial charge is 0.432 e. The highest BCUT2D eigenvalue weighted by Gasteiger charge is 2.65. The molecule has 0 amide bonds. The van der Waals surface area contributed by atoms with Crippen LogP contribution in [0.25, 0.3) is 0 Å². The molecule has 0 bridgehead atoms. The zero-order valence-electron chi connectivity index (χ0n) is 23.1. The average Bonchev–Trinajstić information content (AvgIpc) is 3.02. The summed E-state index contributed by atoms with van der Waals surface area (Å²) in [6, 6.07) is 0. The van der Waals surface area contributed by atoms with Crippen molar-refractivity contribution in [2.45, 2.75) is 113 Å². The van der Waals surface area contributed by atoms with Crippen molar-refractivity contribution in [3.63, 3.8) is 0 Å². The number of hydrogen-bond acceptors (Lipinski definition) is 3. The lowest BCUT2D eigenvalue weighted by molar-refractivity contribution is -0.146. The topological polar surface area (TPSA) is 43.4 Å². The number of ketones is 1. The van der Waals surface area contributed by atoms with Gasteiger partial charge in [-0.1, -0.05) is 53.2 Å². The number of carbonyl (C=O) groups is 2. The maximum absolute atomic E-state index is 12.8. The summed E-state index contributed by atoms with van der Waals surface area (Å²) in [5.41, 5.74) is 2.44. The van der Waals surface area contributed by atoms with Crippen LogP contribution in [0, 0.1) is 45.3 Å². The molecule has 4 aliphatic rings. The summed E-state index contributed by atoms with van der Waals surface area (Å²) in [7, 11) is 0. The van der Waals surface area contributed by atoms with Gasteiger partial charge in [0.1, 0.15) is 11.5 Å².